The summed E-state index contributed by atoms with van der Waals surface area (Å²) in [5, 5.41) is 0. The fourth-order valence-corrected chi connectivity index (χ4v) is 1.95. The number of hydrogen-bond donors (Lipinski definition) is 1. The van der Waals surface area contributed by atoms with E-state index in [0.29, 0.717) is 13.0 Å². The molecule has 0 spiro atoms. The summed E-state index contributed by atoms with van der Waals surface area (Å²) in [6, 6.07) is -0.801. The first-order valence-electron chi connectivity index (χ1n) is 5.72. The maximum Gasteiger partial charge on any atom is 0.411 e. The van der Waals surface area contributed by atoms with Crippen molar-refractivity contribution in [1.29, 1.82) is 0 Å². The number of likely N-dealkylation sites (tertiary alicyclic amines) is 1. The number of ether oxygens (including phenoxy) is 2. The maximum atomic E-state index is 12.0. The molecule has 0 radical (unpaired) electrons. The van der Waals surface area contributed by atoms with Gasteiger partial charge in [0.15, 0.2) is 0 Å². The zero-order valence-corrected chi connectivity index (χ0v) is 11.8. The van der Waals surface area contributed by atoms with Gasteiger partial charge in [-0.25, -0.2) is 14.4 Å². The van der Waals surface area contributed by atoms with Gasteiger partial charge in [0.05, 0.1) is 7.11 Å². The Hall–Kier alpha value is -1.01. The van der Waals surface area contributed by atoms with Gasteiger partial charge in [-0.1, -0.05) is 0 Å². The van der Waals surface area contributed by atoms with Gasteiger partial charge in [0.25, 0.3) is 0 Å². The summed E-state index contributed by atoms with van der Waals surface area (Å²) in [7, 11) is 1.29. The number of rotatable bonds is 2. The predicted molar refractivity (Wildman–Crippen MR) is 66.1 cm³/mol. The third-order valence-electron chi connectivity index (χ3n) is 2.56. The lowest BCUT2D eigenvalue weighted by atomic mass is 10.2. The summed E-state index contributed by atoms with van der Waals surface area (Å²) in [6.07, 6.45) is -0.123. The van der Waals surface area contributed by atoms with Crippen molar-refractivity contribution >= 4 is 23.8 Å². The summed E-state index contributed by atoms with van der Waals surface area (Å²) in [5.41, 5.74) is -0.607. The summed E-state index contributed by atoms with van der Waals surface area (Å²) in [5.74, 6) is -0.463. The van der Waals surface area contributed by atoms with Crippen LogP contribution in [0.1, 0.15) is 27.2 Å². The van der Waals surface area contributed by atoms with Gasteiger partial charge in [0.1, 0.15) is 11.6 Å². The molecule has 0 aromatic heterocycles. The molecule has 1 saturated heterocycles. The fourth-order valence-electron chi connectivity index (χ4n) is 1.80. The molecule has 1 amide bonds. The number of halogens is 1. The second-order valence-electron chi connectivity index (χ2n) is 5.21. The highest BCUT2D eigenvalue weighted by Crippen LogP contribution is 2.22. The average Bonchev–Trinajstić information content (AvgIpc) is 2.69. The van der Waals surface area contributed by atoms with E-state index in [1.54, 1.807) is 20.8 Å². The summed E-state index contributed by atoms with van der Waals surface area (Å²) < 4.78 is 9.93. The third-order valence-corrected chi connectivity index (χ3v) is 2.87. The number of nitrogens with zero attached hydrogens (tertiary/aromatic N) is 1. The van der Waals surface area contributed by atoms with Crippen LogP contribution in [-0.2, 0) is 14.3 Å². The molecule has 0 aromatic rings. The fraction of sp³-hybridized carbons (Fsp3) is 0.818. The van der Waals surface area contributed by atoms with Crippen molar-refractivity contribution in [3.8, 4) is 0 Å². The molecule has 6 nitrogen and oxygen atoms in total. The molecular weight excluding hydrogens is 260 g/mol. The molecule has 1 rings (SSSR count). The summed E-state index contributed by atoms with van der Waals surface area (Å²) in [4.78, 5) is 27.5. The van der Waals surface area contributed by atoms with Gasteiger partial charge in [-0.15, -0.1) is 0 Å². The molecule has 1 N–H and O–H groups in total. The van der Waals surface area contributed by atoms with E-state index < -0.39 is 23.7 Å². The Morgan fingerprint density at radius 1 is 1.39 bits per heavy atom. The van der Waals surface area contributed by atoms with Crippen molar-refractivity contribution in [3.05, 3.63) is 0 Å². The van der Waals surface area contributed by atoms with Crippen LogP contribution in [0.3, 0.4) is 0 Å². The highest BCUT2D eigenvalue weighted by molar-refractivity contribution is 6.13. The number of methoxy groups -OCH3 is 1. The van der Waals surface area contributed by atoms with E-state index >= 15 is 0 Å². The van der Waals surface area contributed by atoms with Crippen LogP contribution in [-0.4, -0.2) is 48.3 Å². The minimum atomic E-state index is -0.652. The van der Waals surface area contributed by atoms with Gasteiger partial charge < -0.3 is 9.47 Å². The Morgan fingerprint density at radius 2 is 2.00 bits per heavy atom. The molecule has 1 aliphatic heterocycles. The predicted octanol–water partition coefficient (Wildman–Crippen LogP) is 1.28. The Morgan fingerprint density at radius 3 is 2.44 bits per heavy atom. The molecule has 18 heavy (non-hydrogen) atoms. The van der Waals surface area contributed by atoms with E-state index in [1.807, 2.05) is 0 Å². The number of amides is 1. The van der Waals surface area contributed by atoms with Crippen molar-refractivity contribution in [3.63, 3.8) is 0 Å². The van der Waals surface area contributed by atoms with Crippen molar-refractivity contribution in [2.75, 3.05) is 13.7 Å². The van der Waals surface area contributed by atoms with Crippen LogP contribution in [0.15, 0.2) is 0 Å². The van der Waals surface area contributed by atoms with Crippen LogP contribution in [0.4, 0.5) is 4.79 Å². The van der Waals surface area contributed by atoms with Crippen LogP contribution >= 0.6 is 11.8 Å². The zero-order chi connectivity index (χ0) is 13.9. The van der Waals surface area contributed by atoms with E-state index in [-0.39, 0.29) is 6.04 Å². The molecule has 0 saturated carbocycles. The second kappa shape index (κ2) is 5.75. The summed E-state index contributed by atoms with van der Waals surface area (Å²) >= 11 is 5.54. The lowest BCUT2D eigenvalue weighted by Gasteiger charge is -2.27. The molecule has 0 bridgehead atoms. The molecule has 1 fully saturated rings. The van der Waals surface area contributed by atoms with E-state index in [1.165, 1.54) is 12.0 Å². The zero-order valence-electron chi connectivity index (χ0n) is 11.0. The van der Waals surface area contributed by atoms with Crippen molar-refractivity contribution in [2.24, 2.45) is 0 Å². The number of carbonyl (C=O) groups is 2. The number of nitrogens with one attached hydrogen (secondary N) is 1. The van der Waals surface area contributed by atoms with E-state index in [9.17, 15) is 9.59 Å². The molecule has 0 aromatic carbocycles. The number of esters is 1. The first kappa shape index (κ1) is 15.0. The minimum Gasteiger partial charge on any atom is -0.467 e. The van der Waals surface area contributed by atoms with Crippen LogP contribution in [0.5, 0.6) is 0 Å². The van der Waals surface area contributed by atoms with Crippen LogP contribution in [0.2, 0.25) is 0 Å². The SMILES string of the molecule is COC(=O)[C@@H]1C[C@@H](NCl)CN1C(=O)OC(C)(C)C. The number of hydrogen-bond acceptors (Lipinski definition) is 5. The van der Waals surface area contributed by atoms with E-state index in [4.69, 9.17) is 16.5 Å². The standard InChI is InChI=1S/C11H19ClN2O4/c1-11(2,3)18-10(16)14-6-7(13-12)5-8(14)9(15)17-4/h7-8,13H,5-6H2,1-4H3/t7-,8+/m1/s1. The normalized spacial score (nSPS) is 23.9. The molecular formula is C11H19ClN2O4. The van der Waals surface area contributed by atoms with Gasteiger partial charge in [-0.2, -0.15) is 0 Å². The monoisotopic (exact) mass is 278 g/mol. The van der Waals surface area contributed by atoms with E-state index in [0.717, 1.165) is 0 Å². The molecule has 0 unspecified atom stereocenters. The van der Waals surface area contributed by atoms with Crippen molar-refractivity contribution < 1.29 is 19.1 Å². The summed E-state index contributed by atoms with van der Waals surface area (Å²) in [6.45, 7) is 5.63. The maximum absolute atomic E-state index is 12.0. The van der Waals surface area contributed by atoms with Crippen molar-refractivity contribution in [1.82, 2.24) is 9.74 Å². The first-order chi connectivity index (χ1) is 8.28. The highest BCUT2D eigenvalue weighted by Gasteiger charge is 2.41. The quantitative estimate of drug-likeness (QED) is 0.609. The number of carbonyl (C=O) groups excluding carboxylic acids is 2. The Kier molecular flexibility index (Phi) is 4.81. The van der Waals surface area contributed by atoms with Gasteiger partial charge in [0, 0.05) is 12.6 Å². The van der Waals surface area contributed by atoms with Crippen molar-refractivity contribution in [2.45, 2.75) is 44.9 Å². The Bertz CT molecular complexity index is 329. The molecule has 1 heterocycles. The first-order valence-corrected chi connectivity index (χ1v) is 6.10. The Balaban J connectivity index is 2.77. The van der Waals surface area contributed by atoms with Gasteiger partial charge in [-0.3, -0.25) is 4.90 Å². The minimum absolute atomic E-state index is 0.150. The average molecular weight is 279 g/mol. The Labute approximate surface area is 112 Å². The molecule has 7 heteroatoms. The molecule has 104 valence electrons. The third kappa shape index (κ3) is 3.74. The molecule has 1 aliphatic rings. The highest BCUT2D eigenvalue weighted by atomic mass is 35.5. The topological polar surface area (TPSA) is 67.9 Å². The smallest absolute Gasteiger partial charge is 0.411 e. The van der Waals surface area contributed by atoms with Gasteiger partial charge in [-0.05, 0) is 39.0 Å². The van der Waals surface area contributed by atoms with E-state index in [2.05, 4.69) is 9.57 Å². The largest absolute Gasteiger partial charge is 0.467 e. The van der Waals surface area contributed by atoms with Gasteiger partial charge in [0.2, 0.25) is 0 Å². The van der Waals surface area contributed by atoms with Gasteiger partial charge >= 0.3 is 12.1 Å². The second-order valence-corrected chi connectivity index (χ2v) is 5.43. The van der Waals surface area contributed by atoms with Crippen LogP contribution in [0, 0.1) is 0 Å². The van der Waals surface area contributed by atoms with Crippen LogP contribution < -0.4 is 4.84 Å². The van der Waals surface area contributed by atoms with Crippen LogP contribution in [0.25, 0.3) is 0 Å². The molecule has 0 aliphatic carbocycles. The molecule has 2 atom stereocenters. The lowest BCUT2D eigenvalue weighted by Crippen LogP contribution is -2.44. The lowest BCUT2D eigenvalue weighted by molar-refractivity contribution is -0.145.